The van der Waals surface area contributed by atoms with E-state index >= 15 is 0 Å². The first-order chi connectivity index (χ1) is 11.5. The quantitative estimate of drug-likeness (QED) is 0.335. The molecule has 0 unspecified atom stereocenters. The van der Waals surface area contributed by atoms with E-state index in [2.05, 4.69) is 0 Å². The highest BCUT2D eigenvalue weighted by Crippen LogP contribution is 2.26. The fraction of sp³-hybridized carbons (Fsp3) is 0. The summed E-state index contributed by atoms with van der Waals surface area (Å²) >= 11 is 0. The van der Waals surface area contributed by atoms with Gasteiger partial charge in [0.2, 0.25) is 0 Å². The zero-order valence-corrected chi connectivity index (χ0v) is 12.5. The molecule has 0 aliphatic carbocycles. The lowest BCUT2D eigenvalue weighted by atomic mass is 10.0. The van der Waals surface area contributed by atoms with Gasteiger partial charge in [-0.15, -0.1) is 0 Å². The molecule has 118 valence electrons. The van der Waals surface area contributed by atoms with E-state index in [1.807, 2.05) is 30.3 Å². The molecule has 5 nitrogen and oxygen atoms in total. The number of ketones is 1. The van der Waals surface area contributed by atoms with Gasteiger partial charge in [-0.3, -0.25) is 14.9 Å². The lowest BCUT2D eigenvalue weighted by Crippen LogP contribution is -1.94. The first kappa shape index (κ1) is 15.4. The molecule has 0 radical (unpaired) electrons. The van der Waals surface area contributed by atoms with E-state index in [4.69, 9.17) is 0 Å². The normalized spacial score (nSPS) is 11.0. The minimum absolute atomic E-state index is 0.198. The van der Waals surface area contributed by atoms with E-state index in [1.54, 1.807) is 12.1 Å². The number of hydrogen-bond donors (Lipinski definition) is 1. The molecule has 0 saturated carbocycles. The van der Waals surface area contributed by atoms with Crippen LogP contribution in [0.3, 0.4) is 0 Å². The molecule has 0 atom stereocenters. The van der Waals surface area contributed by atoms with Gasteiger partial charge in [-0.05, 0) is 34.5 Å². The summed E-state index contributed by atoms with van der Waals surface area (Å²) in [4.78, 5) is 22.4. The summed E-state index contributed by atoms with van der Waals surface area (Å²) in [5, 5.41) is 22.3. The van der Waals surface area contributed by atoms with E-state index in [9.17, 15) is 20.0 Å². The van der Waals surface area contributed by atoms with Crippen LogP contribution in [0.5, 0.6) is 5.75 Å². The maximum absolute atomic E-state index is 12.3. The molecular weight excluding hydrogens is 306 g/mol. The van der Waals surface area contributed by atoms with E-state index in [0.29, 0.717) is 11.1 Å². The Morgan fingerprint density at radius 3 is 2.50 bits per heavy atom. The minimum Gasteiger partial charge on any atom is -0.502 e. The summed E-state index contributed by atoms with van der Waals surface area (Å²) in [6.07, 6.45) is 2.85. The third-order valence-electron chi connectivity index (χ3n) is 3.66. The summed E-state index contributed by atoms with van der Waals surface area (Å²) in [6.45, 7) is 0. The Hall–Kier alpha value is -3.47. The maximum Gasteiger partial charge on any atom is 0.311 e. The minimum atomic E-state index is -0.669. The number of nitro benzene ring substituents is 1. The molecular formula is C19H13NO4. The van der Waals surface area contributed by atoms with E-state index in [0.717, 1.165) is 10.8 Å². The van der Waals surface area contributed by atoms with Crippen LogP contribution in [0.2, 0.25) is 0 Å². The van der Waals surface area contributed by atoms with Crippen molar-refractivity contribution in [2.45, 2.75) is 0 Å². The lowest BCUT2D eigenvalue weighted by molar-refractivity contribution is -0.385. The van der Waals surface area contributed by atoms with Crippen LogP contribution in [-0.4, -0.2) is 15.8 Å². The van der Waals surface area contributed by atoms with Gasteiger partial charge >= 0.3 is 5.69 Å². The molecule has 3 aromatic carbocycles. The summed E-state index contributed by atoms with van der Waals surface area (Å²) in [5.74, 6) is -0.602. The number of nitrogens with zero attached hydrogens (tertiary/aromatic N) is 1. The smallest absolute Gasteiger partial charge is 0.311 e. The SMILES string of the molecule is O=C(C=Cc1ccc(O)c([N+](=O)[O-])c1)c1ccc2ccccc2c1. The van der Waals surface area contributed by atoms with Gasteiger partial charge in [-0.2, -0.15) is 0 Å². The average Bonchev–Trinajstić information content (AvgIpc) is 2.60. The zero-order valence-electron chi connectivity index (χ0n) is 12.5. The summed E-state index contributed by atoms with van der Waals surface area (Å²) in [7, 11) is 0. The van der Waals surface area contributed by atoms with Crippen molar-refractivity contribution >= 4 is 28.3 Å². The molecule has 0 amide bonds. The molecule has 0 saturated heterocycles. The lowest BCUT2D eigenvalue weighted by Gasteiger charge is -2.01. The third kappa shape index (κ3) is 3.15. The molecule has 5 heteroatoms. The van der Waals surface area contributed by atoms with Gasteiger partial charge in [0.05, 0.1) is 4.92 Å². The Balaban J connectivity index is 1.86. The largest absolute Gasteiger partial charge is 0.502 e. The van der Waals surface area contributed by atoms with Crippen molar-refractivity contribution in [3.63, 3.8) is 0 Å². The number of carbonyl (C=O) groups excluding carboxylic acids is 1. The number of aromatic hydroxyl groups is 1. The van der Waals surface area contributed by atoms with Gasteiger partial charge in [0.15, 0.2) is 11.5 Å². The van der Waals surface area contributed by atoms with Crippen molar-refractivity contribution in [1.29, 1.82) is 0 Å². The van der Waals surface area contributed by atoms with Crippen molar-refractivity contribution in [2.75, 3.05) is 0 Å². The monoisotopic (exact) mass is 319 g/mol. The zero-order chi connectivity index (χ0) is 17.1. The van der Waals surface area contributed by atoms with E-state index < -0.39 is 16.4 Å². The van der Waals surface area contributed by atoms with Crippen LogP contribution < -0.4 is 0 Å². The maximum atomic E-state index is 12.3. The van der Waals surface area contributed by atoms with Gasteiger partial charge in [0, 0.05) is 11.6 Å². The standard InChI is InChI=1S/C19H13NO4/c21-18(16-8-7-14-3-1-2-4-15(14)12-16)9-5-13-6-10-19(22)17(11-13)20(23)24/h1-12,22H. The van der Waals surface area contributed by atoms with Gasteiger partial charge in [-0.1, -0.05) is 48.5 Å². The Kier molecular flexibility index (Phi) is 4.07. The second kappa shape index (κ2) is 6.34. The van der Waals surface area contributed by atoms with Gasteiger partial charge in [0.1, 0.15) is 0 Å². The molecule has 0 fully saturated rings. The van der Waals surface area contributed by atoms with Crippen LogP contribution in [0.1, 0.15) is 15.9 Å². The number of allylic oxidation sites excluding steroid dienone is 1. The van der Waals surface area contributed by atoms with Crippen LogP contribution in [0.4, 0.5) is 5.69 Å². The summed E-state index contributed by atoms with van der Waals surface area (Å²) in [6, 6.07) is 17.1. The molecule has 0 aliphatic rings. The summed E-state index contributed by atoms with van der Waals surface area (Å²) < 4.78 is 0. The van der Waals surface area contributed by atoms with Crippen LogP contribution in [0, 0.1) is 10.1 Å². The van der Waals surface area contributed by atoms with Crippen LogP contribution in [-0.2, 0) is 0 Å². The molecule has 0 aromatic heterocycles. The first-order valence-electron chi connectivity index (χ1n) is 7.23. The predicted octanol–water partition coefficient (Wildman–Crippen LogP) is 4.35. The average molecular weight is 319 g/mol. The van der Waals surface area contributed by atoms with Gasteiger partial charge in [0.25, 0.3) is 0 Å². The molecule has 24 heavy (non-hydrogen) atoms. The number of phenols is 1. The molecule has 3 rings (SSSR count). The molecule has 3 aromatic rings. The number of fused-ring (bicyclic) bond motifs is 1. The van der Waals surface area contributed by atoms with Crippen molar-refractivity contribution in [2.24, 2.45) is 0 Å². The molecule has 0 spiro atoms. The molecule has 0 bridgehead atoms. The van der Waals surface area contributed by atoms with Crippen molar-refractivity contribution in [3.05, 3.63) is 88.0 Å². The van der Waals surface area contributed by atoms with E-state index in [-0.39, 0.29) is 5.78 Å². The topological polar surface area (TPSA) is 80.4 Å². The number of rotatable bonds is 4. The first-order valence-corrected chi connectivity index (χ1v) is 7.23. The fourth-order valence-electron chi connectivity index (χ4n) is 2.40. The van der Waals surface area contributed by atoms with Crippen LogP contribution >= 0.6 is 0 Å². The Morgan fingerprint density at radius 1 is 1.00 bits per heavy atom. The highest BCUT2D eigenvalue weighted by atomic mass is 16.6. The van der Waals surface area contributed by atoms with Crippen LogP contribution in [0.15, 0.2) is 66.7 Å². The second-order valence-corrected chi connectivity index (χ2v) is 5.26. The van der Waals surface area contributed by atoms with Gasteiger partial charge in [-0.25, -0.2) is 0 Å². The highest BCUT2D eigenvalue weighted by Gasteiger charge is 2.12. The highest BCUT2D eigenvalue weighted by molar-refractivity contribution is 6.08. The van der Waals surface area contributed by atoms with Crippen molar-refractivity contribution < 1.29 is 14.8 Å². The Labute approximate surface area is 137 Å². The number of benzene rings is 3. The van der Waals surface area contributed by atoms with Crippen LogP contribution in [0.25, 0.3) is 16.8 Å². The third-order valence-corrected chi connectivity index (χ3v) is 3.66. The number of phenolic OH excluding ortho intramolecular Hbond substituents is 1. The molecule has 0 aliphatic heterocycles. The van der Waals surface area contributed by atoms with Crippen molar-refractivity contribution in [3.8, 4) is 5.75 Å². The predicted molar refractivity (Wildman–Crippen MR) is 92.1 cm³/mol. The van der Waals surface area contributed by atoms with Gasteiger partial charge < -0.3 is 5.11 Å². The molecule has 1 N–H and O–H groups in total. The van der Waals surface area contributed by atoms with Crippen molar-refractivity contribution in [1.82, 2.24) is 0 Å². The number of nitro groups is 1. The number of hydrogen-bond acceptors (Lipinski definition) is 4. The second-order valence-electron chi connectivity index (χ2n) is 5.26. The Morgan fingerprint density at radius 2 is 1.75 bits per heavy atom. The summed E-state index contributed by atoms with van der Waals surface area (Å²) in [5.41, 5.74) is 0.613. The van der Waals surface area contributed by atoms with E-state index in [1.165, 1.54) is 30.4 Å². The Bertz CT molecular complexity index is 976. The fourth-order valence-corrected chi connectivity index (χ4v) is 2.40. The number of carbonyl (C=O) groups is 1. The molecule has 0 heterocycles.